The number of aryl methyl sites for hydroxylation is 1. The Morgan fingerprint density at radius 1 is 1.12 bits per heavy atom. The third-order valence-electron chi connectivity index (χ3n) is 8.49. The van der Waals surface area contributed by atoms with Crippen LogP contribution in [0.15, 0.2) is 4.52 Å². The van der Waals surface area contributed by atoms with Crippen molar-refractivity contribution in [2.75, 3.05) is 39.3 Å². The number of hydrogen-bond donors (Lipinski definition) is 0. The van der Waals surface area contributed by atoms with Crippen LogP contribution in [0.3, 0.4) is 0 Å². The van der Waals surface area contributed by atoms with Crippen LogP contribution in [0.1, 0.15) is 77.9 Å². The van der Waals surface area contributed by atoms with Crippen molar-refractivity contribution in [2.24, 2.45) is 5.92 Å². The molecule has 3 fully saturated rings. The quantitative estimate of drug-likeness (QED) is 0.617. The van der Waals surface area contributed by atoms with Crippen LogP contribution in [0, 0.1) is 5.92 Å². The van der Waals surface area contributed by atoms with E-state index in [1.165, 1.54) is 0 Å². The molecule has 0 spiro atoms. The molecule has 2 saturated heterocycles. The van der Waals surface area contributed by atoms with Crippen LogP contribution in [0.4, 0.5) is 8.78 Å². The zero-order chi connectivity index (χ0) is 24.5. The lowest BCUT2D eigenvalue weighted by Gasteiger charge is -2.47. The molecular formula is C25H41F2N5O2. The SMILES string of the molecule is CCc1nc(C2(C)CCN(C(=O)CC3[C@@H](N4CCN(C(C)C)CC4)CCCC3(F)F)CC2)no1. The van der Waals surface area contributed by atoms with Crippen molar-refractivity contribution in [1.82, 2.24) is 24.8 Å². The highest BCUT2D eigenvalue weighted by Gasteiger charge is 2.50. The Bertz CT molecular complexity index is 829. The fourth-order valence-electron chi connectivity index (χ4n) is 5.96. The normalized spacial score (nSPS) is 28.4. The van der Waals surface area contributed by atoms with Crippen LogP contribution >= 0.6 is 0 Å². The van der Waals surface area contributed by atoms with E-state index in [4.69, 9.17) is 4.52 Å². The summed E-state index contributed by atoms with van der Waals surface area (Å²) in [7, 11) is 0. The number of hydrogen-bond acceptors (Lipinski definition) is 6. The van der Waals surface area contributed by atoms with Crippen molar-refractivity contribution in [3.8, 4) is 0 Å². The van der Waals surface area contributed by atoms with Gasteiger partial charge in [-0.25, -0.2) is 8.78 Å². The van der Waals surface area contributed by atoms with E-state index in [2.05, 4.69) is 40.7 Å². The van der Waals surface area contributed by atoms with Gasteiger partial charge < -0.3 is 9.42 Å². The van der Waals surface area contributed by atoms with Gasteiger partial charge in [-0.3, -0.25) is 14.6 Å². The van der Waals surface area contributed by atoms with Gasteiger partial charge in [0.1, 0.15) is 0 Å². The summed E-state index contributed by atoms with van der Waals surface area (Å²) in [6, 6.07) is 0.252. The van der Waals surface area contributed by atoms with Crippen LogP contribution in [-0.4, -0.2) is 88.0 Å². The van der Waals surface area contributed by atoms with E-state index in [0.29, 0.717) is 56.5 Å². The second-order valence-electron chi connectivity index (χ2n) is 11.0. The Morgan fingerprint density at radius 2 is 1.79 bits per heavy atom. The van der Waals surface area contributed by atoms with E-state index < -0.39 is 11.8 Å². The third-order valence-corrected chi connectivity index (χ3v) is 8.49. The zero-order valence-electron chi connectivity index (χ0n) is 21.2. The molecule has 1 saturated carbocycles. The minimum Gasteiger partial charge on any atom is -0.343 e. The van der Waals surface area contributed by atoms with Crippen LogP contribution < -0.4 is 0 Å². The van der Waals surface area contributed by atoms with Gasteiger partial charge in [0.25, 0.3) is 5.92 Å². The Labute approximate surface area is 202 Å². The van der Waals surface area contributed by atoms with E-state index in [0.717, 1.165) is 32.6 Å². The highest BCUT2D eigenvalue weighted by molar-refractivity contribution is 5.76. The number of likely N-dealkylation sites (tertiary alicyclic amines) is 1. The van der Waals surface area contributed by atoms with Gasteiger partial charge in [-0.2, -0.15) is 4.98 Å². The summed E-state index contributed by atoms with van der Waals surface area (Å²) in [6.45, 7) is 12.9. The predicted molar refractivity (Wildman–Crippen MR) is 126 cm³/mol. The number of piperidine rings is 1. The van der Waals surface area contributed by atoms with E-state index >= 15 is 8.78 Å². The minimum absolute atomic E-state index is 0.0685. The van der Waals surface area contributed by atoms with Crippen LogP contribution in [0.2, 0.25) is 0 Å². The molecule has 192 valence electrons. The van der Waals surface area contributed by atoms with Crippen LogP contribution in [0.25, 0.3) is 0 Å². The van der Waals surface area contributed by atoms with Gasteiger partial charge in [0.2, 0.25) is 11.8 Å². The summed E-state index contributed by atoms with van der Waals surface area (Å²) in [6.07, 6.45) is 3.22. The van der Waals surface area contributed by atoms with Crippen molar-refractivity contribution >= 4 is 5.91 Å². The standard InChI is InChI=1S/C25H41F2N5O2/c1-5-21-28-23(29-34-21)24(4)9-11-32(12-10-24)22(33)17-19-20(7-6-8-25(19,26)27)31-15-13-30(14-16-31)18(2)3/h18-20H,5-17H2,1-4H3/t19?,20-/m0/s1. The van der Waals surface area contributed by atoms with Gasteiger partial charge in [0.15, 0.2) is 5.82 Å². The molecule has 1 aromatic rings. The van der Waals surface area contributed by atoms with Crippen molar-refractivity contribution in [2.45, 2.75) is 96.1 Å². The van der Waals surface area contributed by atoms with Crippen molar-refractivity contribution < 1.29 is 18.1 Å². The average Bonchev–Trinajstić information content (AvgIpc) is 3.31. The first kappa shape index (κ1) is 25.5. The molecule has 3 aliphatic rings. The summed E-state index contributed by atoms with van der Waals surface area (Å²) in [5.74, 6) is -2.52. The van der Waals surface area contributed by atoms with Gasteiger partial charge in [-0.15, -0.1) is 0 Å². The number of amides is 1. The Balaban J connectivity index is 1.38. The van der Waals surface area contributed by atoms with Crippen molar-refractivity contribution in [3.63, 3.8) is 0 Å². The number of aromatic nitrogens is 2. The molecule has 7 nitrogen and oxygen atoms in total. The monoisotopic (exact) mass is 481 g/mol. The number of alkyl halides is 2. The maximum atomic E-state index is 15.2. The van der Waals surface area contributed by atoms with Crippen LogP contribution in [-0.2, 0) is 16.6 Å². The van der Waals surface area contributed by atoms with Gasteiger partial charge in [0.05, 0.1) is 0 Å². The molecule has 1 amide bonds. The summed E-state index contributed by atoms with van der Waals surface area (Å²) < 4.78 is 35.6. The lowest BCUT2D eigenvalue weighted by molar-refractivity contribution is -0.151. The highest BCUT2D eigenvalue weighted by atomic mass is 19.3. The maximum absolute atomic E-state index is 15.2. The number of carbonyl (C=O) groups is 1. The number of nitrogens with zero attached hydrogens (tertiary/aromatic N) is 5. The highest BCUT2D eigenvalue weighted by Crippen LogP contribution is 2.43. The summed E-state index contributed by atoms with van der Waals surface area (Å²) in [5.41, 5.74) is -0.249. The molecule has 1 aromatic heterocycles. The maximum Gasteiger partial charge on any atom is 0.252 e. The summed E-state index contributed by atoms with van der Waals surface area (Å²) in [5, 5.41) is 4.15. The number of rotatable bonds is 6. The first-order chi connectivity index (χ1) is 16.1. The lowest BCUT2D eigenvalue weighted by atomic mass is 9.77. The molecule has 4 rings (SSSR count). The molecule has 34 heavy (non-hydrogen) atoms. The molecule has 2 atom stereocenters. The predicted octanol–water partition coefficient (Wildman–Crippen LogP) is 3.73. The molecule has 1 unspecified atom stereocenters. The second-order valence-corrected chi connectivity index (χ2v) is 11.0. The second kappa shape index (κ2) is 10.2. The molecular weight excluding hydrogens is 440 g/mol. The van der Waals surface area contributed by atoms with E-state index in [1.54, 1.807) is 4.90 Å². The first-order valence-corrected chi connectivity index (χ1v) is 13.1. The fourth-order valence-corrected chi connectivity index (χ4v) is 5.96. The molecule has 0 N–H and O–H groups in total. The van der Waals surface area contributed by atoms with Crippen LogP contribution in [0.5, 0.6) is 0 Å². The van der Waals surface area contributed by atoms with Gasteiger partial charge in [-0.1, -0.05) is 19.0 Å². The average molecular weight is 482 g/mol. The zero-order valence-corrected chi connectivity index (χ0v) is 21.2. The largest absolute Gasteiger partial charge is 0.343 e. The molecule has 1 aliphatic carbocycles. The van der Waals surface area contributed by atoms with Gasteiger partial charge in [0, 0.05) is 81.9 Å². The van der Waals surface area contributed by atoms with E-state index in [9.17, 15) is 4.79 Å². The molecule has 0 bridgehead atoms. The van der Waals surface area contributed by atoms with Crippen molar-refractivity contribution in [1.29, 1.82) is 0 Å². The minimum atomic E-state index is -2.79. The number of piperazine rings is 1. The topological polar surface area (TPSA) is 65.7 Å². The molecule has 2 aliphatic heterocycles. The van der Waals surface area contributed by atoms with E-state index in [-0.39, 0.29) is 30.2 Å². The molecule has 0 radical (unpaired) electrons. The molecule has 0 aromatic carbocycles. The fraction of sp³-hybridized carbons (Fsp3) is 0.880. The lowest BCUT2D eigenvalue weighted by Crippen LogP contribution is -2.58. The smallest absolute Gasteiger partial charge is 0.252 e. The Kier molecular flexibility index (Phi) is 7.62. The van der Waals surface area contributed by atoms with Gasteiger partial charge in [-0.05, 0) is 39.5 Å². The summed E-state index contributed by atoms with van der Waals surface area (Å²) >= 11 is 0. The summed E-state index contributed by atoms with van der Waals surface area (Å²) in [4.78, 5) is 24.1. The van der Waals surface area contributed by atoms with Crippen molar-refractivity contribution in [3.05, 3.63) is 11.7 Å². The Hall–Kier alpha value is -1.61. The molecule has 3 heterocycles. The van der Waals surface area contributed by atoms with Gasteiger partial charge >= 0.3 is 0 Å². The Morgan fingerprint density at radius 3 is 2.38 bits per heavy atom. The number of halogens is 2. The first-order valence-electron chi connectivity index (χ1n) is 13.1. The van der Waals surface area contributed by atoms with E-state index in [1.807, 2.05) is 6.92 Å². The third kappa shape index (κ3) is 5.30. The molecule has 9 heteroatoms. The number of carbonyl (C=O) groups excluding carboxylic acids is 1.